The van der Waals surface area contributed by atoms with Crippen LogP contribution in [0.1, 0.15) is 34.1 Å². The number of benzene rings is 1. The lowest BCUT2D eigenvalue weighted by molar-refractivity contribution is 0.0880. The fourth-order valence-electron chi connectivity index (χ4n) is 2.50. The number of hydrogen-bond donors (Lipinski definition) is 2. The molecule has 23 heavy (non-hydrogen) atoms. The number of nitrogen functional groups attached to an aromatic ring is 1. The van der Waals surface area contributed by atoms with Gasteiger partial charge in [0.25, 0.3) is 17.4 Å². The summed E-state index contributed by atoms with van der Waals surface area (Å²) in [6.45, 7) is 2.07. The van der Waals surface area contributed by atoms with Gasteiger partial charge in [-0.05, 0) is 24.3 Å². The molecule has 0 saturated carbocycles. The van der Waals surface area contributed by atoms with Gasteiger partial charge in [-0.1, -0.05) is 19.1 Å². The number of amides is 2. The predicted molar refractivity (Wildman–Crippen MR) is 89.3 cm³/mol. The van der Waals surface area contributed by atoms with E-state index in [1.54, 1.807) is 23.9 Å². The highest BCUT2D eigenvalue weighted by atomic mass is 32.2. The number of thioether (sulfide) groups is 1. The normalized spacial score (nSPS) is 13.1. The first-order valence-corrected chi connectivity index (χ1v) is 8.16. The van der Waals surface area contributed by atoms with Crippen molar-refractivity contribution in [1.82, 2.24) is 9.88 Å². The van der Waals surface area contributed by atoms with Gasteiger partial charge in [0.1, 0.15) is 5.82 Å². The van der Waals surface area contributed by atoms with Crippen LogP contribution in [0.15, 0.2) is 40.0 Å². The van der Waals surface area contributed by atoms with Crippen LogP contribution in [0.25, 0.3) is 5.69 Å². The molecule has 2 heterocycles. The Hall–Kier alpha value is -2.54. The molecule has 1 aromatic heterocycles. The Labute approximate surface area is 136 Å². The van der Waals surface area contributed by atoms with Gasteiger partial charge >= 0.3 is 0 Å². The molecule has 0 saturated heterocycles. The first-order chi connectivity index (χ1) is 11.0. The number of para-hydroxylation sites is 1. The third kappa shape index (κ3) is 2.53. The number of pyridine rings is 1. The number of fused-ring (bicyclic) bond motifs is 1. The van der Waals surface area contributed by atoms with Crippen molar-refractivity contribution in [3.05, 3.63) is 51.8 Å². The molecule has 0 unspecified atom stereocenters. The monoisotopic (exact) mass is 329 g/mol. The van der Waals surface area contributed by atoms with Crippen LogP contribution in [-0.2, 0) is 0 Å². The Kier molecular flexibility index (Phi) is 3.96. The number of hydrogen-bond acceptors (Lipinski definition) is 5. The van der Waals surface area contributed by atoms with Gasteiger partial charge in [0, 0.05) is 11.0 Å². The summed E-state index contributed by atoms with van der Waals surface area (Å²) in [6, 6.07) is 8.52. The fraction of sp³-hybridized carbons (Fsp3) is 0.188. The Morgan fingerprint density at radius 2 is 1.91 bits per heavy atom. The number of nitrogens with one attached hydrogen (secondary N) is 1. The molecule has 7 heteroatoms. The maximum atomic E-state index is 12.5. The van der Waals surface area contributed by atoms with E-state index in [-0.39, 0.29) is 16.9 Å². The molecule has 118 valence electrons. The molecule has 6 nitrogen and oxygen atoms in total. The van der Waals surface area contributed by atoms with E-state index in [9.17, 15) is 14.4 Å². The summed E-state index contributed by atoms with van der Waals surface area (Å²) in [6.07, 6.45) is 0.991. The maximum absolute atomic E-state index is 12.5. The average Bonchev–Trinajstić information content (AvgIpc) is 2.80. The topological polar surface area (TPSA) is 94.2 Å². The molecule has 0 atom stereocenters. The highest BCUT2D eigenvalue weighted by Gasteiger charge is 2.32. The van der Waals surface area contributed by atoms with Crippen LogP contribution >= 0.6 is 11.8 Å². The van der Waals surface area contributed by atoms with E-state index in [0.29, 0.717) is 5.69 Å². The van der Waals surface area contributed by atoms with Crippen LogP contribution in [0.3, 0.4) is 0 Å². The molecule has 1 aliphatic heterocycles. The van der Waals surface area contributed by atoms with Crippen molar-refractivity contribution >= 4 is 29.4 Å². The van der Waals surface area contributed by atoms with E-state index in [4.69, 9.17) is 5.73 Å². The number of aromatic nitrogens is 1. The largest absolute Gasteiger partial charge is 0.384 e. The maximum Gasteiger partial charge on any atom is 0.262 e. The van der Waals surface area contributed by atoms with Crippen LogP contribution in [-0.4, -0.2) is 22.1 Å². The van der Waals surface area contributed by atoms with Gasteiger partial charge in [-0.3, -0.25) is 24.3 Å². The van der Waals surface area contributed by atoms with Crippen molar-refractivity contribution in [1.29, 1.82) is 0 Å². The average molecular weight is 329 g/mol. The molecule has 0 radical (unpaired) electrons. The van der Waals surface area contributed by atoms with Crippen molar-refractivity contribution in [2.24, 2.45) is 0 Å². The SMILES string of the molecule is CCCSc1ccccc1-n1c(N)c2c(cc1=O)C(=O)NC2=O. The third-order valence-electron chi connectivity index (χ3n) is 3.52. The first kappa shape index (κ1) is 15.4. The fourth-order valence-corrected chi connectivity index (χ4v) is 3.41. The zero-order valence-corrected chi connectivity index (χ0v) is 13.3. The van der Waals surface area contributed by atoms with Gasteiger partial charge in [-0.2, -0.15) is 0 Å². The van der Waals surface area contributed by atoms with Gasteiger partial charge < -0.3 is 5.73 Å². The summed E-state index contributed by atoms with van der Waals surface area (Å²) in [5.74, 6) is -0.278. The number of rotatable bonds is 4. The van der Waals surface area contributed by atoms with E-state index in [2.05, 4.69) is 12.2 Å². The Morgan fingerprint density at radius 1 is 1.17 bits per heavy atom. The first-order valence-electron chi connectivity index (χ1n) is 7.18. The Morgan fingerprint density at radius 3 is 2.65 bits per heavy atom. The predicted octanol–water partition coefficient (Wildman–Crippen LogP) is 1.81. The molecular weight excluding hydrogens is 314 g/mol. The van der Waals surface area contributed by atoms with E-state index in [0.717, 1.165) is 23.1 Å². The van der Waals surface area contributed by atoms with E-state index < -0.39 is 17.4 Å². The summed E-state index contributed by atoms with van der Waals surface area (Å²) in [5, 5.41) is 2.16. The molecule has 2 amide bonds. The quantitative estimate of drug-likeness (QED) is 0.659. The molecule has 1 aliphatic rings. The second-order valence-corrected chi connectivity index (χ2v) is 6.23. The Bertz CT molecular complexity index is 873. The summed E-state index contributed by atoms with van der Waals surface area (Å²) < 4.78 is 1.29. The lowest BCUT2D eigenvalue weighted by Gasteiger charge is -2.15. The van der Waals surface area contributed by atoms with Gasteiger partial charge in [0.15, 0.2) is 0 Å². The highest BCUT2D eigenvalue weighted by molar-refractivity contribution is 7.99. The minimum absolute atomic E-state index is 0.0135. The molecule has 0 spiro atoms. The number of carbonyl (C=O) groups excluding carboxylic acids is 2. The molecule has 0 fully saturated rings. The molecule has 0 bridgehead atoms. The van der Waals surface area contributed by atoms with E-state index >= 15 is 0 Å². The second kappa shape index (κ2) is 5.92. The van der Waals surface area contributed by atoms with Gasteiger partial charge in [-0.15, -0.1) is 11.8 Å². The van der Waals surface area contributed by atoms with Crippen LogP contribution in [0.5, 0.6) is 0 Å². The van der Waals surface area contributed by atoms with Crippen molar-refractivity contribution in [2.45, 2.75) is 18.2 Å². The summed E-state index contributed by atoms with van der Waals surface area (Å²) in [4.78, 5) is 37.0. The number of carbonyl (C=O) groups is 2. The molecule has 3 N–H and O–H groups in total. The molecule has 3 rings (SSSR count). The molecular formula is C16H15N3O3S. The summed E-state index contributed by atoms with van der Waals surface area (Å²) in [5.41, 5.74) is 6.33. The van der Waals surface area contributed by atoms with Crippen molar-refractivity contribution < 1.29 is 9.59 Å². The lowest BCUT2D eigenvalue weighted by atomic mass is 10.1. The zero-order chi connectivity index (χ0) is 16.6. The molecule has 1 aromatic carbocycles. The number of imide groups is 1. The number of nitrogens with zero attached hydrogens (tertiary/aromatic N) is 1. The minimum atomic E-state index is -0.588. The molecule has 0 aliphatic carbocycles. The summed E-state index contributed by atoms with van der Waals surface area (Å²) in [7, 11) is 0. The van der Waals surface area contributed by atoms with Crippen LogP contribution in [0, 0.1) is 0 Å². The smallest absolute Gasteiger partial charge is 0.262 e. The standard InChI is InChI=1S/C16H15N3O3S/c1-2-7-23-11-6-4-3-5-10(11)19-12(20)8-9-13(14(19)17)16(22)18-15(9)21/h3-6,8H,2,7,17H2,1H3,(H,18,21,22). The van der Waals surface area contributed by atoms with Gasteiger partial charge in [0.05, 0.1) is 16.8 Å². The van der Waals surface area contributed by atoms with Crippen molar-refractivity contribution in [3.8, 4) is 5.69 Å². The van der Waals surface area contributed by atoms with E-state index in [1.807, 2.05) is 12.1 Å². The van der Waals surface area contributed by atoms with E-state index in [1.165, 1.54) is 4.57 Å². The third-order valence-corrected chi connectivity index (χ3v) is 4.79. The van der Waals surface area contributed by atoms with Crippen LogP contribution in [0.4, 0.5) is 5.82 Å². The highest BCUT2D eigenvalue weighted by Crippen LogP contribution is 2.29. The number of nitrogens with two attached hydrogens (primary N) is 1. The van der Waals surface area contributed by atoms with Crippen LogP contribution < -0.4 is 16.6 Å². The zero-order valence-electron chi connectivity index (χ0n) is 12.5. The van der Waals surface area contributed by atoms with Crippen molar-refractivity contribution in [3.63, 3.8) is 0 Å². The minimum Gasteiger partial charge on any atom is -0.384 e. The summed E-state index contributed by atoms with van der Waals surface area (Å²) >= 11 is 1.61. The Balaban J connectivity index is 2.23. The van der Waals surface area contributed by atoms with Gasteiger partial charge in [-0.25, -0.2) is 0 Å². The second-order valence-electron chi connectivity index (χ2n) is 5.09. The molecule has 2 aromatic rings. The lowest BCUT2D eigenvalue weighted by Crippen LogP contribution is -2.24. The number of anilines is 1. The van der Waals surface area contributed by atoms with Crippen molar-refractivity contribution in [2.75, 3.05) is 11.5 Å². The van der Waals surface area contributed by atoms with Gasteiger partial charge in [0.2, 0.25) is 0 Å². The van der Waals surface area contributed by atoms with Crippen LogP contribution in [0.2, 0.25) is 0 Å².